The van der Waals surface area contributed by atoms with Gasteiger partial charge in [-0.3, -0.25) is 14.9 Å². The first-order chi connectivity index (χ1) is 14.6. The van der Waals surface area contributed by atoms with Crippen LogP contribution in [0.5, 0.6) is 0 Å². The minimum absolute atomic E-state index is 0.0742. The van der Waals surface area contributed by atoms with Gasteiger partial charge >= 0.3 is 0 Å². The van der Waals surface area contributed by atoms with Crippen LogP contribution >= 0.6 is 0 Å². The summed E-state index contributed by atoms with van der Waals surface area (Å²) in [5.74, 6) is 2.30. The van der Waals surface area contributed by atoms with Crippen molar-refractivity contribution in [1.82, 2.24) is 5.32 Å². The van der Waals surface area contributed by atoms with E-state index >= 15 is 0 Å². The van der Waals surface area contributed by atoms with Gasteiger partial charge in [0.15, 0.2) is 0 Å². The van der Waals surface area contributed by atoms with Crippen molar-refractivity contribution in [3.05, 3.63) is 24.3 Å². The van der Waals surface area contributed by atoms with Gasteiger partial charge in [0.05, 0.1) is 31.4 Å². The second kappa shape index (κ2) is 7.06. The van der Waals surface area contributed by atoms with Crippen molar-refractivity contribution in [2.45, 2.75) is 56.5 Å². The molecule has 2 aliphatic heterocycles. The number of amides is 2. The van der Waals surface area contributed by atoms with Gasteiger partial charge in [-0.15, -0.1) is 0 Å². The van der Waals surface area contributed by atoms with E-state index in [0.717, 1.165) is 49.7 Å². The summed E-state index contributed by atoms with van der Waals surface area (Å²) < 4.78 is 5.42. The molecule has 2 heterocycles. The molecule has 1 aromatic rings. The van der Waals surface area contributed by atoms with E-state index in [-0.39, 0.29) is 29.8 Å². The first kappa shape index (κ1) is 18.8. The van der Waals surface area contributed by atoms with E-state index in [4.69, 9.17) is 4.74 Å². The molecule has 6 aliphatic rings. The van der Waals surface area contributed by atoms with Crippen molar-refractivity contribution < 1.29 is 14.3 Å². The van der Waals surface area contributed by atoms with Crippen LogP contribution in [0.1, 0.15) is 44.9 Å². The predicted octanol–water partition coefficient (Wildman–Crippen LogP) is 2.71. The SMILES string of the molecule is O=C1CC(NC23CC4CC(CC(C4)C2)C3)C(=O)N1c1ccc(N2CCOCC2)cc1. The molecule has 6 nitrogen and oxygen atoms in total. The quantitative estimate of drug-likeness (QED) is 0.775. The molecule has 1 unspecified atom stereocenters. The molecule has 30 heavy (non-hydrogen) atoms. The molecule has 1 aromatic carbocycles. The highest BCUT2D eigenvalue weighted by atomic mass is 16.5. The van der Waals surface area contributed by atoms with Gasteiger partial charge in [-0.05, 0) is 80.5 Å². The van der Waals surface area contributed by atoms with Crippen LogP contribution in [0.4, 0.5) is 11.4 Å². The fourth-order valence-corrected chi connectivity index (χ4v) is 7.31. The molecule has 4 aliphatic carbocycles. The average Bonchev–Trinajstić information content (AvgIpc) is 3.00. The number of hydrogen-bond donors (Lipinski definition) is 1. The summed E-state index contributed by atoms with van der Waals surface area (Å²) in [4.78, 5) is 29.7. The minimum Gasteiger partial charge on any atom is -0.378 e. The molecular formula is C24H31N3O3. The van der Waals surface area contributed by atoms with Crippen molar-refractivity contribution >= 4 is 23.2 Å². The second-order valence-corrected chi connectivity index (χ2v) is 10.3. The Kier molecular flexibility index (Phi) is 4.43. The molecule has 160 valence electrons. The van der Waals surface area contributed by atoms with Gasteiger partial charge in [0, 0.05) is 24.3 Å². The van der Waals surface area contributed by atoms with Crippen molar-refractivity contribution in [1.29, 1.82) is 0 Å². The number of hydrogen-bond acceptors (Lipinski definition) is 5. The van der Waals surface area contributed by atoms with Crippen LogP contribution < -0.4 is 15.1 Å². The number of benzene rings is 1. The summed E-state index contributed by atoms with van der Waals surface area (Å²) in [6.45, 7) is 3.22. The smallest absolute Gasteiger partial charge is 0.251 e. The number of imide groups is 1. The van der Waals surface area contributed by atoms with E-state index in [1.165, 1.54) is 43.4 Å². The lowest BCUT2D eigenvalue weighted by Crippen LogP contribution is -2.61. The number of nitrogens with one attached hydrogen (secondary N) is 1. The maximum absolute atomic E-state index is 13.2. The van der Waals surface area contributed by atoms with Crippen LogP contribution in [-0.2, 0) is 14.3 Å². The molecule has 2 saturated heterocycles. The van der Waals surface area contributed by atoms with Crippen LogP contribution in [-0.4, -0.2) is 49.7 Å². The predicted molar refractivity (Wildman–Crippen MR) is 114 cm³/mol. The van der Waals surface area contributed by atoms with Crippen LogP contribution in [0, 0.1) is 17.8 Å². The topological polar surface area (TPSA) is 61.9 Å². The van der Waals surface area contributed by atoms with Gasteiger partial charge in [0.1, 0.15) is 0 Å². The molecular weight excluding hydrogens is 378 g/mol. The maximum atomic E-state index is 13.2. The molecule has 6 fully saturated rings. The second-order valence-electron chi connectivity index (χ2n) is 10.3. The maximum Gasteiger partial charge on any atom is 0.251 e. The lowest BCUT2D eigenvalue weighted by atomic mass is 9.53. The van der Waals surface area contributed by atoms with Gasteiger partial charge in [-0.1, -0.05) is 0 Å². The Morgan fingerprint density at radius 1 is 0.867 bits per heavy atom. The summed E-state index contributed by atoms with van der Waals surface area (Å²) in [5.41, 5.74) is 1.90. The lowest BCUT2D eigenvalue weighted by Gasteiger charge is -2.57. The van der Waals surface area contributed by atoms with E-state index in [0.29, 0.717) is 5.69 Å². The van der Waals surface area contributed by atoms with Gasteiger partial charge in [-0.2, -0.15) is 0 Å². The first-order valence-electron chi connectivity index (χ1n) is 11.7. The highest BCUT2D eigenvalue weighted by Gasteiger charge is 2.53. The Hall–Kier alpha value is -1.92. The number of morpholine rings is 1. The van der Waals surface area contributed by atoms with Crippen molar-refractivity contribution in [3.63, 3.8) is 0 Å². The lowest BCUT2D eigenvalue weighted by molar-refractivity contribution is -0.122. The number of carbonyl (C=O) groups excluding carboxylic acids is 2. The van der Waals surface area contributed by atoms with E-state index in [2.05, 4.69) is 10.2 Å². The van der Waals surface area contributed by atoms with E-state index < -0.39 is 0 Å². The molecule has 4 saturated carbocycles. The van der Waals surface area contributed by atoms with E-state index in [1.807, 2.05) is 24.3 Å². The van der Waals surface area contributed by atoms with Crippen molar-refractivity contribution in [3.8, 4) is 0 Å². The number of anilines is 2. The van der Waals surface area contributed by atoms with E-state index in [9.17, 15) is 9.59 Å². The molecule has 7 rings (SSSR count). The molecule has 1 atom stereocenters. The third kappa shape index (κ3) is 3.16. The molecule has 4 bridgehead atoms. The third-order valence-corrected chi connectivity index (χ3v) is 8.15. The van der Waals surface area contributed by atoms with Gasteiger partial charge < -0.3 is 9.64 Å². The zero-order chi connectivity index (χ0) is 20.3. The molecule has 2 amide bonds. The van der Waals surface area contributed by atoms with Gasteiger partial charge in [0.25, 0.3) is 5.91 Å². The fourth-order valence-electron chi connectivity index (χ4n) is 7.31. The molecule has 6 heteroatoms. The van der Waals surface area contributed by atoms with E-state index in [1.54, 1.807) is 0 Å². The summed E-state index contributed by atoms with van der Waals surface area (Å²) in [6.07, 6.45) is 7.97. The van der Waals surface area contributed by atoms with Gasteiger partial charge in [-0.25, -0.2) is 4.90 Å². The Labute approximate surface area is 177 Å². The van der Waals surface area contributed by atoms with Crippen molar-refractivity contribution in [2.24, 2.45) is 17.8 Å². The number of nitrogens with zero attached hydrogens (tertiary/aromatic N) is 2. The number of carbonyl (C=O) groups is 2. The largest absolute Gasteiger partial charge is 0.378 e. The highest BCUT2D eigenvalue weighted by molar-refractivity contribution is 6.22. The first-order valence-corrected chi connectivity index (χ1v) is 11.7. The Morgan fingerprint density at radius 3 is 2.03 bits per heavy atom. The fraction of sp³-hybridized carbons (Fsp3) is 0.667. The number of rotatable bonds is 4. The summed E-state index contributed by atoms with van der Waals surface area (Å²) >= 11 is 0. The third-order valence-electron chi connectivity index (χ3n) is 8.15. The average molecular weight is 410 g/mol. The van der Waals surface area contributed by atoms with Crippen LogP contribution in [0.15, 0.2) is 24.3 Å². The normalized spacial score (nSPS) is 38.0. The Bertz CT molecular complexity index is 810. The van der Waals surface area contributed by atoms with Gasteiger partial charge in [0.2, 0.25) is 5.91 Å². The molecule has 1 N–H and O–H groups in total. The monoisotopic (exact) mass is 409 g/mol. The number of ether oxygens (including phenoxy) is 1. The summed E-state index contributed by atoms with van der Waals surface area (Å²) in [5, 5.41) is 3.73. The molecule has 0 radical (unpaired) electrons. The highest BCUT2D eigenvalue weighted by Crippen LogP contribution is 2.56. The Balaban J connectivity index is 1.17. The van der Waals surface area contributed by atoms with Crippen LogP contribution in [0.2, 0.25) is 0 Å². The van der Waals surface area contributed by atoms with Crippen LogP contribution in [0.3, 0.4) is 0 Å². The zero-order valence-electron chi connectivity index (χ0n) is 17.5. The minimum atomic E-state index is -0.368. The molecule has 0 spiro atoms. The standard InChI is InChI=1S/C24H31N3O3/c28-22-12-21(25-24-13-16-9-17(14-24)11-18(10-16)15-24)23(29)27(22)20-3-1-19(2-4-20)26-5-7-30-8-6-26/h1-4,16-18,21,25H,5-15H2. The molecule has 0 aromatic heterocycles. The zero-order valence-corrected chi connectivity index (χ0v) is 17.5. The van der Waals surface area contributed by atoms with Crippen LogP contribution in [0.25, 0.3) is 0 Å². The Morgan fingerprint density at radius 2 is 1.43 bits per heavy atom. The van der Waals surface area contributed by atoms with Crippen molar-refractivity contribution in [2.75, 3.05) is 36.1 Å². The summed E-state index contributed by atoms with van der Waals surface area (Å²) in [7, 11) is 0. The summed E-state index contributed by atoms with van der Waals surface area (Å²) in [6, 6.07) is 7.48.